The summed E-state index contributed by atoms with van der Waals surface area (Å²) in [5, 5.41) is 15.2. The quantitative estimate of drug-likeness (QED) is 0.769. The van der Waals surface area contributed by atoms with Gasteiger partial charge in [-0.3, -0.25) is 0 Å². The lowest BCUT2D eigenvalue weighted by Crippen LogP contribution is -2.48. The molecule has 1 aromatic rings. The van der Waals surface area contributed by atoms with Crippen molar-refractivity contribution in [2.75, 3.05) is 19.8 Å². The first-order valence-corrected chi connectivity index (χ1v) is 7.57. The number of hydrogen-bond donors (Lipinski definition) is 3. The fourth-order valence-electron chi connectivity index (χ4n) is 2.52. The second-order valence-corrected chi connectivity index (χ2v) is 5.43. The average molecular weight is 292 g/mol. The minimum atomic E-state index is -0.269. The predicted molar refractivity (Wildman–Crippen MR) is 81.1 cm³/mol. The smallest absolute Gasteiger partial charge is 0.315 e. The van der Waals surface area contributed by atoms with Crippen molar-refractivity contribution < 1.29 is 14.6 Å². The van der Waals surface area contributed by atoms with Crippen LogP contribution in [-0.4, -0.2) is 43.0 Å². The third kappa shape index (κ3) is 5.73. The van der Waals surface area contributed by atoms with E-state index in [1.54, 1.807) is 0 Å². The molecule has 0 radical (unpaired) electrons. The van der Waals surface area contributed by atoms with Crippen LogP contribution in [0.15, 0.2) is 30.3 Å². The van der Waals surface area contributed by atoms with Crippen molar-refractivity contribution in [3.05, 3.63) is 35.9 Å². The number of carbonyl (C=O) groups excluding carboxylic acids is 1. The van der Waals surface area contributed by atoms with Gasteiger partial charge in [-0.25, -0.2) is 4.79 Å². The molecule has 1 aliphatic heterocycles. The van der Waals surface area contributed by atoms with Crippen LogP contribution in [0.2, 0.25) is 0 Å². The van der Waals surface area contributed by atoms with Crippen molar-refractivity contribution in [1.29, 1.82) is 0 Å². The fourth-order valence-corrected chi connectivity index (χ4v) is 2.52. The summed E-state index contributed by atoms with van der Waals surface area (Å²) in [5.74, 6) is 0. The molecule has 21 heavy (non-hydrogen) atoms. The Morgan fingerprint density at radius 3 is 2.86 bits per heavy atom. The highest BCUT2D eigenvalue weighted by atomic mass is 16.5. The number of urea groups is 1. The molecule has 1 unspecified atom stereocenters. The van der Waals surface area contributed by atoms with Gasteiger partial charge in [-0.15, -0.1) is 0 Å². The summed E-state index contributed by atoms with van der Waals surface area (Å²) in [6.45, 7) is 1.39. The standard InChI is InChI=1S/C16H24N2O3/c19-12-15(11-13-5-2-1-3-6-13)18-16(20)17-14-7-4-9-21-10-8-14/h1-3,5-6,14-15,19H,4,7-12H2,(H2,17,18,20)/t14?,15-/m0/s1. The number of ether oxygens (including phenoxy) is 1. The average Bonchev–Trinajstić information content (AvgIpc) is 2.76. The minimum absolute atomic E-state index is 0.0733. The highest BCUT2D eigenvalue weighted by Crippen LogP contribution is 2.08. The van der Waals surface area contributed by atoms with Crippen molar-refractivity contribution in [2.24, 2.45) is 0 Å². The molecule has 0 bridgehead atoms. The van der Waals surface area contributed by atoms with Crippen LogP contribution in [0, 0.1) is 0 Å². The van der Waals surface area contributed by atoms with Gasteiger partial charge >= 0.3 is 6.03 Å². The second kappa shape index (κ2) is 8.64. The SMILES string of the molecule is O=C(NC1CCCOCC1)N[C@H](CO)Cc1ccccc1. The van der Waals surface area contributed by atoms with Crippen LogP contribution in [0.3, 0.4) is 0 Å². The molecule has 1 aliphatic rings. The first-order chi connectivity index (χ1) is 10.3. The van der Waals surface area contributed by atoms with Crippen LogP contribution in [0.5, 0.6) is 0 Å². The highest BCUT2D eigenvalue weighted by Gasteiger charge is 2.17. The lowest BCUT2D eigenvalue weighted by molar-refractivity contribution is 0.142. The number of hydrogen-bond acceptors (Lipinski definition) is 3. The van der Waals surface area contributed by atoms with Gasteiger partial charge in [-0.1, -0.05) is 30.3 Å². The van der Waals surface area contributed by atoms with E-state index in [9.17, 15) is 9.90 Å². The Morgan fingerprint density at radius 2 is 2.10 bits per heavy atom. The summed E-state index contributed by atoms with van der Waals surface area (Å²) in [5.41, 5.74) is 1.10. The molecule has 0 spiro atoms. The Labute approximate surface area is 125 Å². The van der Waals surface area contributed by atoms with E-state index in [-0.39, 0.29) is 24.7 Å². The molecule has 1 heterocycles. The van der Waals surface area contributed by atoms with Crippen molar-refractivity contribution in [1.82, 2.24) is 10.6 Å². The van der Waals surface area contributed by atoms with E-state index in [1.165, 1.54) is 0 Å². The lowest BCUT2D eigenvalue weighted by atomic mass is 10.1. The first-order valence-electron chi connectivity index (χ1n) is 7.57. The van der Waals surface area contributed by atoms with Gasteiger partial charge in [0.2, 0.25) is 0 Å². The van der Waals surface area contributed by atoms with Gasteiger partial charge in [0.1, 0.15) is 0 Å². The number of aliphatic hydroxyl groups excluding tert-OH is 1. The van der Waals surface area contributed by atoms with Crippen molar-refractivity contribution in [3.63, 3.8) is 0 Å². The van der Waals surface area contributed by atoms with Crippen LogP contribution >= 0.6 is 0 Å². The number of nitrogens with one attached hydrogen (secondary N) is 2. The monoisotopic (exact) mass is 292 g/mol. The molecule has 116 valence electrons. The lowest BCUT2D eigenvalue weighted by Gasteiger charge is -2.20. The zero-order valence-corrected chi connectivity index (χ0v) is 12.3. The third-order valence-electron chi connectivity index (χ3n) is 3.67. The highest BCUT2D eigenvalue weighted by molar-refractivity contribution is 5.74. The Kier molecular flexibility index (Phi) is 6.50. The van der Waals surface area contributed by atoms with Gasteiger partial charge in [0, 0.05) is 19.3 Å². The van der Waals surface area contributed by atoms with Crippen LogP contribution in [0.1, 0.15) is 24.8 Å². The largest absolute Gasteiger partial charge is 0.394 e. The Bertz CT molecular complexity index is 417. The summed E-state index contributed by atoms with van der Waals surface area (Å²) in [7, 11) is 0. The molecule has 5 nitrogen and oxygen atoms in total. The number of aliphatic hydroxyl groups is 1. The molecular weight excluding hydrogens is 268 g/mol. The molecule has 1 fully saturated rings. The molecule has 3 N–H and O–H groups in total. The van der Waals surface area contributed by atoms with E-state index in [1.807, 2.05) is 30.3 Å². The molecular formula is C16H24N2O3. The van der Waals surface area contributed by atoms with Crippen molar-refractivity contribution in [3.8, 4) is 0 Å². The van der Waals surface area contributed by atoms with Crippen LogP contribution < -0.4 is 10.6 Å². The van der Waals surface area contributed by atoms with Crippen LogP contribution in [0.4, 0.5) is 4.79 Å². The zero-order chi connectivity index (χ0) is 14.9. The molecule has 2 rings (SSSR count). The van der Waals surface area contributed by atoms with Gasteiger partial charge in [-0.05, 0) is 31.2 Å². The molecule has 0 aromatic heterocycles. The maximum Gasteiger partial charge on any atom is 0.315 e. The van der Waals surface area contributed by atoms with E-state index < -0.39 is 0 Å². The number of benzene rings is 1. The Hall–Kier alpha value is -1.59. The summed E-state index contributed by atoms with van der Waals surface area (Å²) in [6.07, 6.45) is 3.38. The second-order valence-electron chi connectivity index (χ2n) is 5.43. The van der Waals surface area contributed by atoms with Crippen molar-refractivity contribution in [2.45, 2.75) is 37.8 Å². The minimum Gasteiger partial charge on any atom is -0.394 e. The molecule has 5 heteroatoms. The summed E-state index contributed by atoms with van der Waals surface area (Å²) in [6, 6.07) is 9.52. The molecule has 2 atom stereocenters. The van der Waals surface area contributed by atoms with Crippen molar-refractivity contribution >= 4 is 6.03 Å². The van der Waals surface area contributed by atoms with Gasteiger partial charge in [0.05, 0.1) is 12.6 Å². The number of carbonyl (C=O) groups is 1. The van der Waals surface area contributed by atoms with Crippen LogP contribution in [0.25, 0.3) is 0 Å². The van der Waals surface area contributed by atoms with E-state index >= 15 is 0 Å². The normalized spacial score (nSPS) is 20.3. The summed E-state index contributed by atoms with van der Waals surface area (Å²) < 4.78 is 5.38. The first kappa shape index (κ1) is 15.8. The topological polar surface area (TPSA) is 70.6 Å². The Morgan fingerprint density at radius 1 is 1.29 bits per heavy atom. The maximum atomic E-state index is 12.0. The maximum absolute atomic E-state index is 12.0. The van der Waals surface area contributed by atoms with E-state index in [4.69, 9.17) is 4.74 Å². The predicted octanol–water partition coefficient (Wildman–Crippen LogP) is 1.46. The summed E-state index contributed by atoms with van der Waals surface area (Å²) in [4.78, 5) is 12.0. The zero-order valence-electron chi connectivity index (χ0n) is 12.3. The molecule has 1 saturated heterocycles. The van der Waals surface area contributed by atoms with E-state index in [0.29, 0.717) is 13.0 Å². The van der Waals surface area contributed by atoms with E-state index in [2.05, 4.69) is 10.6 Å². The van der Waals surface area contributed by atoms with Gasteiger partial charge in [0.25, 0.3) is 0 Å². The number of rotatable bonds is 5. The fraction of sp³-hybridized carbons (Fsp3) is 0.562. The molecule has 0 aliphatic carbocycles. The number of amides is 2. The molecule has 2 amide bonds. The molecule has 0 saturated carbocycles. The molecule has 1 aromatic carbocycles. The van der Waals surface area contributed by atoms with E-state index in [0.717, 1.165) is 31.4 Å². The van der Waals surface area contributed by atoms with Crippen LogP contribution in [-0.2, 0) is 11.2 Å². The Balaban J connectivity index is 1.79. The van der Waals surface area contributed by atoms with Gasteiger partial charge in [-0.2, -0.15) is 0 Å². The third-order valence-corrected chi connectivity index (χ3v) is 3.67. The van der Waals surface area contributed by atoms with Gasteiger partial charge < -0.3 is 20.5 Å². The van der Waals surface area contributed by atoms with Gasteiger partial charge in [0.15, 0.2) is 0 Å². The summed E-state index contributed by atoms with van der Waals surface area (Å²) >= 11 is 0.